The summed E-state index contributed by atoms with van der Waals surface area (Å²) in [6, 6.07) is 9.19. The minimum atomic E-state index is -0.706. The van der Waals surface area contributed by atoms with Crippen molar-refractivity contribution in [1.29, 1.82) is 0 Å². The van der Waals surface area contributed by atoms with Crippen LogP contribution in [0, 0.1) is 0 Å². The highest BCUT2D eigenvalue weighted by atomic mass is 32.1. The predicted molar refractivity (Wildman–Crippen MR) is 113 cm³/mol. The van der Waals surface area contributed by atoms with Crippen LogP contribution in [-0.4, -0.2) is 48.8 Å². The summed E-state index contributed by atoms with van der Waals surface area (Å²) in [6.45, 7) is 3.08. The molecule has 152 valence electrons. The Morgan fingerprint density at radius 3 is 2.62 bits per heavy atom. The lowest BCUT2D eigenvalue weighted by molar-refractivity contribution is -0.136. The van der Waals surface area contributed by atoms with E-state index in [1.807, 2.05) is 11.4 Å². The molecule has 1 aromatic heterocycles. The number of hydrogen-bond donors (Lipinski definition) is 2. The van der Waals surface area contributed by atoms with Gasteiger partial charge in [-0.2, -0.15) is 11.3 Å². The van der Waals surface area contributed by atoms with Crippen LogP contribution < -0.4 is 15.5 Å². The Kier molecular flexibility index (Phi) is 5.92. The van der Waals surface area contributed by atoms with Gasteiger partial charge in [-0.15, -0.1) is 0 Å². The van der Waals surface area contributed by atoms with E-state index in [9.17, 15) is 14.4 Å². The molecule has 2 fully saturated rings. The Labute approximate surface area is 173 Å². The van der Waals surface area contributed by atoms with Crippen molar-refractivity contribution in [1.82, 2.24) is 10.2 Å². The van der Waals surface area contributed by atoms with Crippen LogP contribution >= 0.6 is 11.3 Å². The largest absolute Gasteiger partial charge is 0.346 e. The number of amides is 3. The predicted octanol–water partition coefficient (Wildman–Crippen LogP) is 2.38. The van der Waals surface area contributed by atoms with Gasteiger partial charge >= 0.3 is 11.8 Å². The second-order valence-electron chi connectivity index (χ2n) is 7.33. The van der Waals surface area contributed by atoms with Crippen LogP contribution in [0.4, 0.5) is 11.4 Å². The third kappa shape index (κ3) is 4.49. The van der Waals surface area contributed by atoms with E-state index >= 15 is 0 Å². The second-order valence-corrected chi connectivity index (χ2v) is 8.11. The smallest absolute Gasteiger partial charge is 0.313 e. The van der Waals surface area contributed by atoms with Crippen molar-refractivity contribution in [3.05, 3.63) is 46.7 Å². The van der Waals surface area contributed by atoms with Crippen LogP contribution in [-0.2, 0) is 14.4 Å². The third-order valence-electron chi connectivity index (χ3n) is 5.41. The van der Waals surface area contributed by atoms with Gasteiger partial charge in [0.1, 0.15) is 0 Å². The van der Waals surface area contributed by atoms with Gasteiger partial charge in [0, 0.05) is 44.0 Å². The van der Waals surface area contributed by atoms with Crippen LogP contribution in [0.2, 0.25) is 0 Å². The highest BCUT2D eigenvalue weighted by molar-refractivity contribution is 7.08. The number of nitrogens with one attached hydrogen (secondary N) is 2. The van der Waals surface area contributed by atoms with Crippen LogP contribution in [0.3, 0.4) is 0 Å². The summed E-state index contributed by atoms with van der Waals surface area (Å²) in [5, 5.41) is 9.51. The Morgan fingerprint density at radius 1 is 1.10 bits per heavy atom. The van der Waals surface area contributed by atoms with Gasteiger partial charge in [0.2, 0.25) is 5.91 Å². The van der Waals surface area contributed by atoms with Gasteiger partial charge in [-0.25, -0.2) is 0 Å². The molecule has 0 aliphatic carbocycles. The zero-order valence-corrected chi connectivity index (χ0v) is 16.9. The minimum Gasteiger partial charge on any atom is -0.346 e. The summed E-state index contributed by atoms with van der Waals surface area (Å²) in [5.41, 5.74) is 2.40. The minimum absolute atomic E-state index is 0.0803. The number of carbonyl (C=O) groups is 3. The van der Waals surface area contributed by atoms with Gasteiger partial charge in [0.05, 0.1) is 6.04 Å². The molecular formula is C21H24N4O3S. The summed E-state index contributed by atoms with van der Waals surface area (Å²) in [7, 11) is 0. The molecular weight excluding hydrogens is 388 g/mol. The fraction of sp³-hybridized carbons (Fsp3) is 0.381. The summed E-state index contributed by atoms with van der Waals surface area (Å²) in [6.07, 6.45) is 2.53. The molecule has 4 rings (SSSR count). The molecule has 2 aliphatic heterocycles. The first-order valence-electron chi connectivity index (χ1n) is 9.87. The highest BCUT2D eigenvalue weighted by Gasteiger charge is 2.27. The maximum Gasteiger partial charge on any atom is 0.313 e. The normalized spacial score (nSPS) is 17.7. The molecule has 3 heterocycles. The number of carbonyl (C=O) groups excluding carboxylic acids is 3. The number of thiophene rings is 1. The van der Waals surface area contributed by atoms with E-state index in [1.54, 1.807) is 34.4 Å². The maximum absolute atomic E-state index is 12.3. The van der Waals surface area contributed by atoms with Crippen LogP contribution in [0.15, 0.2) is 41.1 Å². The molecule has 2 N–H and O–H groups in total. The summed E-state index contributed by atoms with van der Waals surface area (Å²) < 4.78 is 0. The van der Waals surface area contributed by atoms with Crippen molar-refractivity contribution >= 4 is 40.4 Å². The first-order chi connectivity index (χ1) is 14.1. The van der Waals surface area contributed by atoms with E-state index in [1.165, 1.54) is 5.56 Å². The first-order valence-corrected chi connectivity index (χ1v) is 10.8. The molecule has 8 heteroatoms. The fourth-order valence-corrected chi connectivity index (χ4v) is 4.41. The molecule has 0 saturated carbocycles. The van der Waals surface area contributed by atoms with Crippen molar-refractivity contribution < 1.29 is 14.4 Å². The summed E-state index contributed by atoms with van der Waals surface area (Å²) in [5.74, 6) is -1.28. The van der Waals surface area contributed by atoms with E-state index in [0.29, 0.717) is 25.2 Å². The summed E-state index contributed by atoms with van der Waals surface area (Å²) >= 11 is 1.63. The molecule has 2 saturated heterocycles. The molecule has 3 amide bonds. The van der Waals surface area contributed by atoms with Gasteiger partial charge in [-0.1, -0.05) is 6.07 Å². The number of rotatable bonds is 6. The lowest BCUT2D eigenvalue weighted by atomic mass is 10.0. The molecule has 2 aromatic rings. The van der Waals surface area contributed by atoms with Crippen molar-refractivity contribution in [3.63, 3.8) is 0 Å². The molecule has 1 atom stereocenters. The number of nitrogens with zero attached hydrogens (tertiary/aromatic N) is 2. The van der Waals surface area contributed by atoms with Gasteiger partial charge in [-0.3, -0.25) is 19.3 Å². The first kappa shape index (κ1) is 19.6. The van der Waals surface area contributed by atoms with E-state index in [4.69, 9.17) is 0 Å². The molecule has 0 bridgehead atoms. The number of hydrogen-bond acceptors (Lipinski definition) is 5. The number of anilines is 2. The van der Waals surface area contributed by atoms with E-state index in [0.717, 1.165) is 31.6 Å². The van der Waals surface area contributed by atoms with Crippen molar-refractivity contribution in [3.8, 4) is 0 Å². The van der Waals surface area contributed by atoms with E-state index < -0.39 is 11.8 Å². The quantitative estimate of drug-likeness (QED) is 0.714. The second kappa shape index (κ2) is 8.75. The van der Waals surface area contributed by atoms with Crippen LogP contribution in [0.5, 0.6) is 0 Å². The Balaban J connectivity index is 1.35. The fourth-order valence-electron chi connectivity index (χ4n) is 3.70. The van der Waals surface area contributed by atoms with Crippen molar-refractivity contribution in [2.24, 2.45) is 0 Å². The average Bonchev–Trinajstić information content (AvgIpc) is 3.35. The molecule has 0 unspecified atom stereocenters. The Bertz CT molecular complexity index is 895. The van der Waals surface area contributed by atoms with Gasteiger partial charge in [0.25, 0.3) is 0 Å². The van der Waals surface area contributed by atoms with E-state index in [2.05, 4.69) is 27.0 Å². The Morgan fingerprint density at radius 2 is 1.97 bits per heavy atom. The molecule has 29 heavy (non-hydrogen) atoms. The zero-order valence-electron chi connectivity index (χ0n) is 16.1. The van der Waals surface area contributed by atoms with Gasteiger partial charge in [-0.05, 0) is 53.4 Å². The lowest BCUT2D eigenvalue weighted by Crippen LogP contribution is -2.46. The molecule has 0 radical (unpaired) electrons. The number of likely N-dealkylation sites (tertiary alicyclic amines) is 1. The topological polar surface area (TPSA) is 81.8 Å². The monoisotopic (exact) mass is 412 g/mol. The standard InChI is InChI=1S/C21H24N4O3S/c26-19-6-2-10-25(19)17-5-1-4-16(12-17)23-21(28)20(27)22-13-18(24-8-3-9-24)15-7-11-29-14-15/h1,4-5,7,11-12,14,18H,2-3,6,8-10,13H2,(H,22,27)(H,23,28)/t18-/m1/s1. The van der Waals surface area contributed by atoms with Gasteiger partial charge < -0.3 is 15.5 Å². The maximum atomic E-state index is 12.3. The molecule has 1 aromatic carbocycles. The van der Waals surface area contributed by atoms with E-state index in [-0.39, 0.29) is 11.9 Å². The molecule has 7 nitrogen and oxygen atoms in total. The molecule has 0 spiro atoms. The van der Waals surface area contributed by atoms with Crippen LogP contribution in [0.25, 0.3) is 0 Å². The highest BCUT2D eigenvalue weighted by Crippen LogP contribution is 2.27. The van der Waals surface area contributed by atoms with Crippen molar-refractivity contribution in [2.75, 3.05) is 36.4 Å². The lowest BCUT2D eigenvalue weighted by Gasteiger charge is -2.38. The molecule has 2 aliphatic rings. The van der Waals surface area contributed by atoms with Crippen LogP contribution in [0.1, 0.15) is 30.9 Å². The Hall–Kier alpha value is -2.71. The third-order valence-corrected chi connectivity index (χ3v) is 6.11. The van der Waals surface area contributed by atoms with Gasteiger partial charge in [0.15, 0.2) is 0 Å². The van der Waals surface area contributed by atoms with Crippen molar-refractivity contribution in [2.45, 2.75) is 25.3 Å². The average molecular weight is 413 g/mol. The SMILES string of the molecule is O=C(NC[C@H](c1ccsc1)N1CCC1)C(=O)Nc1cccc(N2CCCC2=O)c1. The zero-order chi connectivity index (χ0) is 20.2. The summed E-state index contributed by atoms with van der Waals surface area (Å²) in [4.78, 5) is 40.6. The number of benzene rings is 1.